The third-order valence-electron chi connectivity index (χ3n) is 3.32. The number of hydrogen-bond donors (Lipinski definition) is 1. The van der Waals surface area contributed by atoms with Gasteiger partial charge < -0.3 is 10.1 Å². The predicted octanol–water partition coefficient (Wildman–Crippen LogP) is 3.70. The van der Waals surface area contributed by atoms with E-state index in [9.17, 15) is 4.79 Å². The van der Waals surface area contributed by atoms with E-state index in [4.69, 9.17) is 16.3 Å². The number of rotatable bonds is 5. The highest BCUT2D eigenvalue weighted by Gasteiger charge is 2.05. The number of nitrogens with zero attached hydrogens (tertiary/aromatic N) is 1. The highest BCUT2D eigenvalue weighted by Crippen LogP contribution is 2.18. The highest BCUT2D eigenvalue weighted by molar-refractivity contribution is 6.30. The van der Waals surface area contributed by atoms with Crippen molar-refractivity contribution in [3.05, 3.63) is 71.4 Å². The van der Waals surface area contributed by atoms with Crippen molar-refractivity contribution in [3.8, 4) is 5.75 Å². The lowest BCUT2D eigenvalue weighted by Crippen LogP contribution is -2.28. The van der Waals surface area contributed by atoms with Crippen LogP contribution in [0.15, 0.2) is 60.8 Å². The lowest BCUT2D eigenvalue weighted by atomic mass is 10.2. The van der Waals surface area contributed by atoms with E-state index < -0.39 is 0 Å². The van der Waals surface area contributed by atoms with Gasteiger partial charge in [0.15, 0.2) is 0 Å². The van der Waals surface area contributed by atoms with Gasteiger partial charge in [0.05, 0.1) is 12.1 Å². The number of ether oxygens (including phenoxy) is 1. The van der Waals surface area contributed by atoms with Crippen LogP contribution in [0.2, 0.25) is 5.02 Å². The van der Waals surface area contributed by atoms with Crippen molar-refractivity contribution < 1.29 is 9.53 Å². The number of hydrogen-bond acceptors (Lipinski definition) is 3. The van der Waals surface area contributed by atoms with Gasteiger partial charge in [-0.3, -0.25) is 9.78 Å². The molecule has 1 N–H and O–H groups in total. The Morgan fingerprint density at radius 3 is 2.91 bits per heavy atom. The largest absolute Gasteiger partial charge is 0.492 e. The Balaban J connectivity index is 1.51. The molecule has 0 saturated carbocycles. The first-order valence-electron chi connectivity index (χ1n) is 7.24. The second-order valence-corrected chi connectivity index (χ2v) is 5.41. The zero-order chi connectivity index (χ0) is 16.1. The van der Waals surface area contributed by atoms with Crippen LogP contribution in [0, 0.1) is 0 Å². The minimum absolute atomic E-state index is 0.168. The minimum Gasteiger partial charge on any atom is -0.492 e. The molecule has 0 radical (unpaired) electrons. The van der Waals surface area contributed by atoms with Gasteiger partial charge in [0.2, 0.25) is 0 Å². The molecule has 2 aromatic carbocycles. The number of carbonyl (C=O) groups is 1. The fourth-order valence-corrected chi connectivity index (χ4v) is 2.40. The van der Waals surface area contributed by atoms with Gasteiger partial charge >= 0.3 is 0 Å². The summed E-state index contributed by atoms with van der Waals surface area (Å²) in [6.07, 6.45) is 1.76. The zero-order valence-corrected chi connectivity index (χ0v) is 13.1. The van der Waals surface area contributed by atoms with Crippen molar-refractivity contribution in [2.24, 2.45) is 0 Å². The average Bonchev–Trinajstić information content (AvgIpc) is 2.58. The van der Waals surface area contributed by atoms with Crippen molar-refractivity contribution in [3.63, 3.8) is 0 Å². The fraction of sp³-hybridized carbons (Fsp3) is 0.111. The number of amides is 1. The number of carbonyl (C=O) groups excluding carboxylic acids is 1. The molecule has 116 valence electrons. The number of pyridine rings is 1. The maximum Gasteiger partial charge on any atom is 0.251 e. The second-order valence-electron chi connectivity index (χ2n) is 4.97. The van der Waals surface area contributed by atoms with Crippen molar-refractivity contribution >= 4 is 28.4 Å². The average molecular weight is 327 g/mol. The van der Waals surface area contributed by atoms with Crippen LogP contribution in [0.4, 0.5) is 0 Å². The van der Waals surface area contributed by atoms with Crippen LogP contribution in [-0.4, -0.2) is 24.0 Å². The molecule has 0 spiro atoms. The second kappa shape index (κ2) is 7.11. The fourth-order valence-electron chi connectivity index (χ4n) is 2.21. The van der Waals surface area contributed by atoms with Crippen LogP contribution in [0.5, 0.6) is 5.75 Å². The van der Waals surface area contributed by atoms with E-state index in [2.05, 4.69) is 10.3 Å². The van der Waals surface area contributed by atoms with Crippen LogP contribution in [-0.2, 0) is 0 Å². The number of halogens is 1. The molecule has 0 bridgehead atoms. The summed E-state index contributed by atoms with van der Waals surface area (Å²) < 4.78 is 5.66. The van der Waals surface area contributed by atoms with E-state index in [0.29, 0.717) is 23.7 Å². The summed E-state index contributed by atoms with van der Waals surface area (Å²) in [6.45, 7) is 0.800. The van der Waals surface area contributed by atoms with Gasteiger partial charge in [-0.1, -0.05) is 23.7 Å². The maximum atomic E-state index is 11.9. The lowest BCUT2D eigenvalue weighted by molar-refractivity contribution is 0.0947. The first kappa shape index (κ1) is 15.3. The maximum absolute atomic E-state index is 11.9. The highest BCUT2D eigenvalue weighted by atomic mass is 35.5. The molecule has 1 heterocycles. The molecular formula is C18H15ClN2O2. The summed E-state index contributed by atoms with van der Waals surface area (Å²) >= 11 is 5.87. The Bertz CT molecular complexity index is 836. The van der Waals surface area contributed by atoms with Crippen LogP contribution in [0.3, 0.4) is 0 Å². The summed E-state index contributed by atoms with van der Waals surface area (Å²) in [5, 5.41) is 4.36. The van der Waals surface area contributed by atoms with Crippen LogP contribution in [0.1, 0.15) is 10.4 Å². The van der Waals surface area contributed by atoms with E-state index in [1.807, 2.05) is 30.3 Å². The molecule has 4 nitrogen and oxygen atoms in total. The first-order valence-corrected chi connectivity index (χ1v) is 7.61. The standard InChI is InChI=1S/C18H15ClN2O2/c19-15-5-1-3-14(11-15)18(22)21-9-10-23-16-6-7-17-13(12-16)4-2-8-20-17/h1-8,11-12H,9-10H2,(H,21,22). The molecule has 0 fully saturated rings. The summed E-state index contributed by atoms with van der Waals surface area (Å²) in [5.41, 5.74) is 1.46. The van der Waals surface area contributed by atoms with Gasteiger partial charge in [0.25, 0.3) is 5.91 Å². The van der Waals surface area contributed by atoms with Crippen molar-refractivity contribution in [2.45, 2.75) is 0 Å². The first-order chi connectivity index (χ1) is 11.2. The summed E-state index contributed by atoms with van der Waals surface area (Å²) in [6, 6.07) is 16.4. The number of fused-ring (bicyclic) bond motifs is 1. The molecule has 3 aromatic rings. The molecule has 0 aliphatic heterocycles. The Hall–Kier alpha value is -2.59. The molecule has 3 rings (SSSR count). The number of aromatic nitrogens is 1. The van der Waals surface area contributed by atoms with E-state index in [-0.39, 0.29) is 5.91 Å². The van der Waals surface area contributed by atoms with E-state index >= 15 is 0 Å². The van der Waals surface area contributed by atoms with E-state index in [0.717, 1.165) is 16.7 Å². The van der Waals surface area contributed by atoms with E-state index in [1.165, 1.54) is 0 Å². The zero-order valence-electron chi connectivity index (χ0n) is 12.3. The van der Waals surface area contributed by atoms with Gasteiger partial charge in [0.1, 0.15) is 12.4 Å². The normalized spacial score (nSPS) is 10.5. The van der Waals surface area contributed by atoms with Gasteiger partial charge in [-0.2, -0.15) is 0 Å². The molecule has 0 unspecified atom stereocenters. The molecule has 0 saturated heterocycles. The van der Waals surface area contributed by atoms with E-state index in [1.54, 1.807) is 30.5 Å². The van der Waals surface area contributed by atoms with Crippen molar-refractivity contribution in [1.29, 1.82) is 0 Å². The monoisotopic (exact) mass is 326 g/mol. The van der Waals surface area contributed by atoms with Gasteiger partial charge in [-0.15, -0.1) is 0 Å². The summed E-state index contributed by atoms with van der Waals surface area (Å²) in [4.78, 5) is 16.2. The van der Waals surface area contributed by atoms with Crippen molar-refractivity contribution in [2.75, 3.05) is 13.2 Å². The summed E-state index contributed by atoms with van der Waals surface area (Å²) in [7, 11) is 0. The Labute approximate surface area is 139 Å². The Morgan fingerprint density at radius 2 is 2.04 bits per heavy atom. The quantitative estimate of drug-likeness (QED) is 0.727. The molecule has 5 heteroatoms. The topological polar surface area (TPSA) is 51.2 Å². The summed E-state index contributed by atoms with van der Waals surface area (Å²) in [5.74, 6) is 0.585. The van der Waals surface area contributed by atoms with Gasteiger partial charge in [-0.05, 0) is 42.5 Å². The van der Waals surface area contributed by atoms with Crippen LogP contribution >= 0.6 is 11.6 Å². The molecule has 1 amide bonds. The smallest absolute Gasteiger partial charge is 0.251 e. The Kier molecular flexibility index (Phi) is 4.74. The lowest BCUT2D eigenvalue weighted by Gasteiger charge is -2.08. The molecule has 0 atom stereocenters. The minimum atomic E-state index is -0.168. The molecule has 23 heavy (non-hydrogen) atoms. The van der Waals surface area contributed by atoms with Gasteiger partial charge in [-0.25, -0.2) is 0 Å². The third kappa shape index (κ3) is 3.99. The molecule has 0 aliphatic rings. The van der Waals surface area contributed by atoms with Crippen LogP contribution < -0.4 is 10.1 Å². The molecule has 0 aliphatic carbocycles. The van der Waals surface area contributed by atoms with Gasteiger partial charge in [0, 0.05) is 22.2 Å². The predicted molar refractivity (Wildman–Crippen MR) is 91.0 cm³/mol. The van der Waals surface area contributed by atoms with Crippen molar-refractivity contribution in [1.82, 2.24) is 10.3 Å². The number of benzene rings is 2. The molecule has 1 aromatic heterocycles. The Morgan fingerprint density at radius 1 is 1.13 bits per heavy atom. The SMILES string of the molecule is O=C(NCCOc1ccc2ncccc2c1)c1cccc(Cl)c1. The van der Waals surface area contributed by atoms with Crippen LogP contribution in [0.25, 0.3) is 10.9 Å². The molecular weight excluding hydrogens is 312 g/mol. The number of nitrogens with one attached hydrogen (secondary N) is 1. The third-order valence-corrected chi connectivity index (χ3v) is 3.55.